The minimum absolute atomic E-state index is 0.0760. The van der Waals surface area contributed by atoms with Crippen LogP contribution in [0.25, 0.3) is 17.8 Å². The molecule has 3 aromatic rings. The lowest BCUT2D eigenvalue weighted by molar-refractivity contribution is -0.139. The lowest BCUT2D eigenvalue weighted by Crippen LogP contribution is -2.42. The highest BCUT2D eigenvalue weighted by Gasteiger charge is 2.25. The summed E-state index contributed by atoms with van der Waals surface area (Å²) in [5, 5.41) is 31.8. The Kier molecular flexibility index (Phi) is 8.58. The SMILES string of the molecule is CCN(C)CC1C=Cc2c(n(C)c(=O)n(-c3ccc(C[C@H](NC(=O)c4c(O)cccc4O)C(=O)O)cc3)c2=O)C=C1. The fourth-order valence-electron chi connectivity index (χ4n) is 4.65. The van der Waals surface area contributed by atoms with Gasteiger partial charge in [0, 0.05) is 25.9 Å². The smallest absolute Gasteiger partial charge is 0.335 e. The molecule has 0 aliphatic heterocycles. The van der Waals surface area contributed by atoms with E-state index in [4.69, 9.17) is 0 Å². The third-order valence-electron chi connectivity index (χ3n) is 7.11. The molecule has 4 N–H and O–H groups in total. The number of carboxylic acid groups (broad SMARTS) is 1. The van der Waals surface area contributed by atoms with Crippen LogP contribution >= 0.6 is 0 Å². The normalized spacial score (nSPS) is 14.9. The minimum Gasteiger partial charge on any atom is -0.507 e. The van der Waals surface area contributed by atoms with E-state index in [9.17, 15) is 34.5 Å². The molecule has 4 rings (SSSR count). The largest absolute Gasteiger partial charge is 0.507 e. The summed E-state index contributed by atoms with van der Waals surface area (Å²) in [7, 11) is 3.61. The van der Waals surface area contributed by atoms with Crippen molar-refractivity contribution >= 4 is 24.0 Å². The van der Waals surface area contributed by atoms with E-state index in [0.29, 0.717) is 22.5 Å². The first-order valence-corrected chi connectivity index (χ1v) is 13.1. The van der Waals surface area contributed by atoms with Gasteiger partial charge in [0.15, 0.2) is 0 Å². The number of phenols is 2. The van der Waals surface area contributed by atoms with Crippen LogP contribution in [0.4, 0.5) is 0 Å². The molecule has 1 amide bonds. The number of hydrogen-bond donors (Lipinski definition) is 4. The summed E-state index contributed by atoms with van der Waals surface area (Å²) in [6.07, 6.45) is 7.34. The van der Waals surface area contributed by atoms with E-state index in [0.717, 1.165) is 17.7 Å². The Morgan fingerprint density at radius 2 is 1.66 bits per heavy atom. The van der Waals surface area contributed by atoms with Crippen molar-refractivity contribution in [1.82, 2.24) is 19.4 Å². The Bertz CT molecular complexity index is 1630. The van der Waals surface area contributed by atoms with E-state index in [1.165, 1.54) is 34.9 Å². The number of hydrogen-bond acceptors (Lipinski definition) is 7. The number of carbonyl (C=O) groups excluding carboxylic acids is 1. The van der Waals surface area contributed by atoms with Crippen molar-refractivity contribution in [2.24, 2.45) is 13.0 Å². The average molecular weight is 561 g/mol. The maximum absolute atomic E-state index is 13.5. The molecule has 1 heterocycles. The van der Waals surface area contributed by atoms with Crippen molar-refractivity contribution in [3.63, 3.8) is 0 Å². The quantitative estimate of drug-likeness (QED) is 0.310. The van der Waals surface area contributed by atoms with Gasteiger partial charge in [0.2, 0.25) is 0 Å². The Morgan fingerprint density at radius 3 is 2.27 bits per heavy atom. The summed E-state index contributed by atoms with van der Waals surface area (Å²) < 4.78 is 2.48. The highest BCUT2D eigenvalue weighted by molar-refractivity contribution is 6.01. The Hall–Kier alpha value is -4.90. The number of carboxylic acids is 1. The number of amides is 1. The van der Waals surface area contributed by atoms with Crippen LogP contribution in [0.2, 0.25) is 0 Å². The number of carbonyl (C=O) groups is 2. The predicted molar refractivity (Wildman–Crippen MR) is 154 cm³/mol. The van der Waals surface area contributed by atoms with Crippen LogP contribution in [0.1, 0.15) is 34.1 Å². The molecule has 2 atom stereocenters. The Morgan fingerprint density at radius 1 is 1.02 bits per heavy atom. The minimum atomic E-state index is -1.38. The standard InChI is InChI=1S/C30H32N4O7/c1-4-32(2)17-19-10-14-21-23(15-11-19)33(3)30(41)34(28(21)38)20-12-8-18(9-13-20)16-22(29(39)40)31-27(37)26-24(35)6-5-7-25(26)36/h5-15,19,22,35-36H,4,16-17H2,1-3H3,(H,31,37)(H,39,40)/t19?,22-/m0/s1. The maximum Gasteiger partial charge on any atom is 0.335 e. The molecule has 1 unspecified atom stereocenters. The number of fused-ring (bicyclic) bond motifs is 1. The van der Waals surface area contributed by atoms with E-state index in [1.54, 1.807) is 31.3 Å². The van der Waals surface area contributed by atoms with E-state index in [2.05, 4.69) is 17.1 Å². The van der Waals surface area contributed by atoms with Crippen LogP contribution in [-0.2, 0) is 18.3 Å². The molecule has 2 aromatic carbocycles. The maximum atomic E-state index is 13.5. The molecule has 0 fully saturated rings. The number of phenolic OH excluding ortho intramolecular Hbond substituents is 2. The first-order valence-electron chi connectivity index (χ1n) is 13.1. The third-order valence-corrected chi connectivity index (χ3v) is 7.11. The van der Waals surface area contributed by atoms with Gasteiger partial charge in [-0.05, 0) is 49.5 Å². The summed E-state index contributed by atoms with van der Waals surface area (Å²) in [6.45, 7) is 3.71. The van der Waals surface area contributed by atoms with Gasteiger partial charge in [-0.2, -0.15) is 0 Å². The van der Waals surface area contributed by atoms with Gasteiger partial charge in [0.05, 0.1) is 16.9 Å². The summed E-state index contributed by atoms with van der Waals surface area (Å²) in [4.78, 5) is 53.3. The van der Waals surface area contributed by atoms with Gasteiger partial charge < -0.3 is 25.5 Å². The first kappa shape index (κ1) is 29.1. The Labute approximate surface area is 235 Å². The van der Waals surface area contributed by atoms with Crippen molar-refractivity contribution in [2.45, 2.75) is 19.4 Å². The van der Waals surface area contributed by atoms with Crippen molar-refractivity contribution < 1.29 is 24.9 Å². The molecule has 0 saturated carbocycles. The number of rotatable bonds is 9. The zero-order chi connectivity index (χ0) is 29.8. The summed E-state index contributed by atoms with van der Waals surface area (Å²) in [6, 6.07) is 8.58. The molecule has 41 heavy (non-hydrogen) atoms. The molecule has 1 aliphatic carbocycles. The number of nitrogens with one attached hydrogen (secondary N) is 1. The van der Waals surface area contributed by atoms with Gasteiger partial charge in [-0.3, -0.25) is 14.2 Å². The predicted octanol–water partition coefficient (Wildman–Crippen LogP) is 1.98. The van der Waals surface area contributed by atoms with E-state index < -0.39 is 46.2 Å². The number of aromatic nitrogens is 2. The van der Waals surface area contributed by atoms with Crippen LogP contribution in [0.15, 0.2) is 64.2 Å². The highest BCUT2D eigenvalue weighted by atomic mass is 16.4. The van der Waals surface area contributed by atoms with Gasteiger partial charge in [0.25, 0.3) is 11.5 Å². The van der Waals surface area contributed by atoms with Gasteiger partial charge in [0.1, 0.15) is 23.1 Å². The van der Waals surface area contributed by atoms with Crippen LogP contribution < -0.4 is 16.6 Å². The van der Waals surface area contributed by atoms with Crippen molar-refractivity contribution in [3.8, 4) is 17.2 Å². The number of aromatic hydroxyl groups is 2. The van der Waals surface area contributed by atoms with Crippen LogP contribution in [0.5, 0.6) is 11.5 Å². The molecular weight excluding hydrogens is 528 g/mol. The molecule has 0 saturated heterocycles. The molecule has 1 aliphatic rings. The second kappa shape index (κ2) is 12.1. The summed E-state index contributed by atoms with van der Waals surface area (Å²) in [5.74, 6) is -3.17. The summed E-state index contributed by atoms with van der Waals surface area (Å²) >= 11 is 0. The van der Waals surface area contributed by atoms with E-state index in [1.807, 2.05) is 19.2 Å². The second-order valence-corrected chi connectivity index (χ2v) is 9.92. The Balaban J connectivity index is 1.60. The van der Waals surface area contributed by atoms with Crippen molar-refractivity contribution in [2.75, 3.05) is 20.1 Å². The lowest BCUT2D eigenvalue weighted by atomic mass is 10.0. The molecule has 11 nitrogen and oxygen atoms in total. The van der Waals surface area contributed by atoms with Crippen LogP contribution in [0.3, 0.4) is 0 Å². The lowest BCUT2D eigenvalue weighted by Gasteiger charge is -2.17. The van der Waals surface area contributed by atoms with Crippen LogP contribution in [0, 0.1) is 5.92 Å². The molecular formula is C30H32N4O7. The van der Waals surface area contributed by atoms with Crippen molar-refractivity contribution in [3.05, 3.63) is 97.8 Å². The van der Waals surface area contributed by atoms with Crippen LogP contribution in [-0.4, -0.2) is 67.4 Å². The molecule has 0 radical (unpaired) electrons. The number of nitrogens with zero attached hydrogens (tertiary/aromatic N) is 3. The van der Waals surface area contributed by atoms with Gasteiger partial charge in [-0.25, -0.2) is 14.2 Å². The zero-order valence-corrected chi connectivity index (χ0v) is 22.9. The van der Waals surface area contributed by atoms with Gasteiger partial charge in [-0.1, -0.05) is 43.4 Å². The monoisotopic (exact) mass is 560 g/mol. The topological polar surface area (TPSA) is 154 Å². The fourth-order valence-corrected chi connectivity index (χ4v) is 4.65. The fraction of sp³-hybridized carbons (Fsp3) is 0.267. The van der Waals surface area contributed by atoms with E-state index in [-0.39, 0.29) is 12.3 Å². The molecule has 11 heteroatoms. The zero-order valence-electron chi connectivity index (χ0n) is 22.9. The third kappa shape index (κ3) is 6.15. The summed E-state index contributed by atoms with van der Waals surface area (Å²) in [5.41, 5.74) is 0.284. The van der Waals surface area contributed by atoms with E-state index >= 15 is 0 Å². The molecule has 0 spiro atoms. The number of aliphatic carboxylic acids is 1. The molecule has 214 valence electrons. The second-order valence-electron chi connectivity index (χ2n) is 9.92. The number of benzene rings is 2. The first-order chi connectivity index (χ1) is 19.5. The van der Waals surface area contributed by atoms with Gasteiger partial charge >= 0.3 is 11.7 Å². The van der Waals surface area contributed by atoms with Gasteiger partial charge in [-0.15, -0.1) is 0 Å². The highest BCUT2D eigenvalue weighted by Crippen LogP contribution is 2.26. The molecule has 0 bridgehead atoms. The molecule has 1 aromatic heterocycles. The van der Waals surface area contributed by atoms with Crippen molar-refractivity contribution in [1.29, 1.82) is 0 Å². The average Bonchev–Trinajstić information content (AvgIpc) is 3.15.